The first-order chi connectivity index (χ1) is 11.7. The van der Waals surface area contributed by atoms with Crippen LogP contribution in [0.15, 0.2) is 53.7 Å². The van der Waals surface area contributed by atoms with Gasteiger partial charge in [-0.1, -0.05) is 35.5 Å². The Morgan fingerprint density at radius 3 is 2.50 bits per heavy atom. The van der Waals surface area contributed by atoms with Crippen molar-refractivity contribution in [2.45, 2.75) is 17.5 Å². The van der Waals surface area contributed by atoms with E-state index in [9.17, 15) is 4.39 Å². The molecule has 1 aliphatic heterocycles. The van der Waals surface area contributed by atoms with Gasteiger partial charge in [0.05, 0.1) is 0 Å². The van der Waals surface area contributed by atoms with Crippen molar-refractivity contribution in [2.24, 2.45) is 0 Å². The van der Waals surface area contributed by atoms with E-state index in [2.05, 4.69) is 19.7 Å². The van der Waals surface area contributed by atoms with Crippen LogP contribution in [0.2, 0.25) is 5.02 Å². The number of hydrogen-bond donors (Lipinski definition) is 0. The standard InChI is InChI=1S/C17H14ClFN4S/c18-13-3-1-12(2-4-13)11-24-17-21-20-16-22(9-10-23(16)17)15-7-5-14(19)6-8-15/h1-8H,9-11H2. The SMILES string of the molecule is Fc1ccc(N2CCn3c(SCc4ccc(Cl)cc4)nnc32)cc1. The molecule has 0 atom stereocenters. The molecule has 3 aromatic rings. The highest BCUT2D eigenvalue weighted by atomic mass is 35.5. The maximum absolute atomic E-state index is 13.1. The molecule has 0 saturated heterocycles. The summed E-state index contributed by atoms with van der Waals surface area (Å²) in [6.45, 7) is 1.63. The van der Waals surface area contributed by atoms with Crippen LogP contribution in [0.1, 0.15) is 5.56 Å². The number of nitrogens with zero attached hydrogens (tertiary/aromatic N) is 4. The summed E-state index contributed by atoms with van der Waals surface area (Å²) in [5.41, 5.74) is 2.12. The maximum Gasteiger partial charge on any atom is 0.232 e. The zero-order valence-electron chi connectivity index (χ0n) is 12.7. The molecule has 7 heteroatoms. The fourth-order valence-electron chi connectivity index (χ4n) is 2.68. The number of thioether (sulfide) groups is 1. The summed E-state index contributed by atoms with van der Waals surface area (Å²) in [6.07, 6.45) is 0. The predicted molar refractivity (Wildman–Crippen MR) is 94.4 cm³/mol. The Bertz CT molecular complexity index is 848. The summed E-state index contributed by atoms with van der Waals surface area (Å²) >= 11 is 7.56. The molecule has 0 bridgehead atoms. The molecule has 2 aromatic carbocycles. The molecule has 4 rings (SSSR count). The van der Waals surface area contributed by atoms with Crippen molar-refractivity contribution < 1.29 is 4.39 Å². The molecule has 0 N–H and O–H groups in total. The van der Waals surface area contributed by atoms with Gasteiger partial charge in [-0.25, -0.2) is 4.39 Å². The number of halogens is 2. The van der Waals surface area contributed by atoms with Crippen LogP contribution in [0.3, 0.4) is 0 Å². The highest BCUT2D eigenvalue weighted by Gasteiger charge is 2.25. The number of aromatic nitrogens is 3. The van der Waals surface area contributed by atoms with E-state index in [4.69, 9.17) is 11.6 Å². The smallest absolute Gasteiger partial charge is 0.232 e. The summed E-state index contributed by atoms with van der Waals surface area (Å²) in [5, 5.41) is 10.2. The molecule has 1 aliphatic rings. The molecular weight excluding hydrogens is 347 g/mol. The second kappa shape index (κ2) is 6.45. The molecule has 122 valence electrons. The van der Waals surface area contributed by atoms with Gasteiger partial charge < -0.3 is 4.90 Å². The lowest BCUT2D eigenvalue weighted by atomic mass is 10.2. The van der Waals surface area contributed by atoms with Gasteiger partial charge in [-0.15, -0.1) is 10.2 Å². The maximum atomic E-state index is 13.1. The highest BCUT2D eigenvalue weighted by Crippen LogP contribution is 2.33. The largest absolute Gasteiger partial charge is 0.309 e. The summed E-state index contributed by atoms with van der Waals surface area (Å²) in [7, 11) is 0. The number of fused-ring (bicyclic) bond motifs is 1. The molecule has 4 nitrogen and oxygen atoms in total. The average molecular weight is 361 g/mol. The van der Waals surface area contributed by atoms with Gasteiger partial charge in [0, 0.05) is 29.6 Å². The quantitative estimate of drug-likeness (QED) is 0.641. The van der Waals surface area contributed by atoms with Crippen LogP contribution in [-0.2, 0) is 12.3 Å². The first kappa shape index (κ1) is 15.5. The Labute approximate surface area is 148 Å². The summed E-state index contributed by atoms with van der Waals surface area (Å²) in [4.78, 5) is 2.05. The number of anilines is 2. The second-order valence-corrected chi connectivity index (χ2v) is 6.86. The Kier molecular flexibility index (Phi) is 4.16. The molecule has 0 amide bonds. The van der Waals surface area contributed by atoms with Gasteiger partial charge in [-0.05, 0) is 42.0 Å². The van der Waals surface area contributed by atoms with Crippen molar-refractivity contribution in [3.8, 4) is 0 Å². The first-order valence-electron chi connectivity index (χ1n) is 7.54. The summed E-state index contributed by atoms with van der Waals surface area (Å²) in [5.74, 6) is 1.38. The topological polar surface area (TPSA) is 34.0 Å². The molecule has 0 radical (unpaired) electrons. The molecule has 24 heavy (non-hydrogen) atoms. The zero-order chi connectivity index (χ0) is 16.5. The molecule has 2 heterocycles. The number of benzene rings is 2. The molecular formula is C17H14ClFN4S. The van der Waals surface area contributed by atoms with Crippen molar-refractivity contribution in [1.82, 2.24) is 14.8 Å². The Hall–Kier alpha value is -2.05. The summed E-state index contributed by atoms with van der Waals surface area (Å²) in [6, 6.07) is 14.3. The normalized spacial score (nSPS) is 13.3. The van der Waals surface area contributed by atoms with E-state index < -0.39 is 0 Å². The minimum absolute atomic E-state index is 0.237. The van der Waals surface area contributed by atoms with Gasteiger partial charge in [-0.2, -0.15) is 0 Å². The van der Waals surface area contributed by atoms with Crippen molar-refractivity contribution in [3.63, 3.8) is 0 Å². The monoisotopic (exact) mass is 360 g/mol. The highest BCUT2D eigenvalue weighted by molar-refractivity contribution is 7.98. The second-order valence-electron chi connectivity index (χ2n) is 5.48. The lowest BCUT2D eigenvalue weighted by Gasteiger charge is -2.14. The van der Waals surface area contributed by atoms with Gasteiger partial charge in [0.15, 0.2) is 5.16 Å². The molecule has 0 fully saturated rings. The summed E-state index contributed by atoms with van der Waals surface area (Å²) < 4.78 is 15.2. The van der Waals surface area contributed by atoms with Gasteiger partial charge >= 0.3 is 0 Å². The molecule has 1 aromatic heterocycles. The predicted octanol–water partition coefficient (Wildman–Crippen LogP) is 4.51. The fourth-order valence-corrected chi connectivity index (χ4v) is 3.72. The third-order valence-electron chi connectivity index (χ3n) is 3.91. The van der Waals surface area contributed by atoms with Crippen LogP contribution in [-0.4, -0.2) is 21.3 Å². The Balaban J connectivity index is 1.51. The van der Waals surface area contributed by atoms with Gasteiger partial charge in [0.1, 0.15) is 5.82 Å². The minimum atomic E-state index is -0.237. The van der Waals surface area contributed by atoms with E-state index in [1.165, 1.54) is 17.7 Å². The number of rotatable bonds is 4. The van der Waals surface area contributed by atoms with Crippen LogP contribution in [0.25, 0.3) is 0 Å². The molecule has 0 aliphatic carbocycles. The molecule has 0 spiro atoms. The lowest BCUT2D eigenvalue weighted by Crippen LogP contribution is -2.14. The van der Waals surface area contributed by atoms with E-state index in [1.807, 2.05) is 24.3 Å². The van der Waals surface area contributed by atoms with Crippen LogP contribution >= 0.6 is 23.4 Å². The van der Waals surface area contributed by atoms with Gasteiger partial charge in [0.25, 0.3) is 0 Å². The Morgan fingerprint density at radius 1 is 1.00 bits per heavy atom. The van der Waals surface area contributed by atoms with Crippen LogP contribution in [0.5, 0.6) is 0 Å². The molecule has 0 saturated carbocycles. The fraction of sp³-hybridized carbons (Fsp3) is 0.176. The van der Waals surface area contributed by atoms with E-state index in [0.717, 1.165) is 40.7 Å². The first-order valence-corrected chi connectivity index (χ1v) is 8.90. The third kappa shape index (κ3) is 2.99. The zero-order valence-corrected chi connectivity index (χ0v) is 14.3. The van der Waals surface area contributed by atoms with Crippen LogP contribution in [0, 0.1) is 5.82 Å². The van der Waals surface area contributed by atoms with Gasteiger partial charge in [-0.3, -0.25) is 4.57 Å². The van der Waals surface area contributed by atoms with E-state index in [1.54, 1.807) is 23.9 Å². The molecule has 0 unspecified atom stereocenters. The van der Waals surface area contributed by atoms with Gasteiger partial charge in [0.2, 0.25) is 5.95 Å². The van der Waals surface area contributed by atoms with E-state index in [-0.39, 0.29) is 5.82 Å². The average Bonchev–Trinajstić information content (AvgIpc) is 3.18. The van der Waals surface area contributed by atoms with E-state index >= 15 is 0 Å². The van der Waals surface area contributed by atoms with Crippen LogP contribution < -0.4 is 4.90 Å². The number of hydrogen-bond acceptors (Lipinski definition) is 4. The van der Waals surface area contributed by atoms with Crippen molar-refractivity contribution in [1.29, 1.82) is 0 Å². The van der Waals surface area contributed by atoms with Crippen molar-refractivity contribution in [2.75, 3.05) is 11.4 Å². The van der Waals surface area contributed by atoms with Crippen molar-refractivity contribution >= 4 is 35.0 Å². The van der Waals surface area contributed by atoms with Crippen LogP contribution in [0.4, 0.5) is 16.0 Å². The van der Waals surface area contributed by atoms with Crippen molar-refractivity contribution in [3.05, 3.63) is 64.9 Å². The minimum Gasteiger partial charge on any atom is -0.309 e. The lowest BCUT2D eigenvalue weighted by molar-refractivity contribution is 0.627. The van der Waals surface area contributed by atoms with E-state index in [0.29, 0.717) is 0 Å². The third-order valence-corrected chi connectivity index (χ3v) is 5.20. The Morgan fingerprint density at radius 2 is 1.75 bits per heavy atom.